The molecule has 0 saturated heterocycles. The Hall–Kier alpha value is -0.960. The minimum Gasteiger partial charge on any atom is -0.166 e. The van der Waals surface area contributed by atoms with Crippen LogP contribution in [0.1, 0.15) is 36.5 Å². The summed E-state index contributed by atoms with van der Waals surface area (Å²) in [5, 5.41) is 0.146. The zero-order chi connectivity index (χ0) is 12.5. The van der Waals surface area contributed by atoms with Crippen molar-refractivity contribution in [3.8, 4) is 0 Å². The summed E-state index contributed by atoms with van der Waals surface area (Å²) in [6.45, 7) is 7.14. The maximum atomic E-state index is 12.6. The van der Waals surface area contributed by atoms with Crippen molar-refractivity contribution < 1.29 is 13.2 Å². The molecule has 0 saturated carbocycles. The van der Waals surface area contributed by atoms with Crippen LogP contribution in [-0.4, -0.2) is 0 Å². The van der Waals surface area contributed by atoms with E-state index in [2.05, 4.69) is 6.58 Å². The average molecular weight is 249 g/mol. The van der Waals surface area contributed by atoms with Crippen molar-refractivity contribution >= 4 is 17.7 Å². The highest BCUT2D eigenvalue weighted by atomic mass is 35.5. The summed E-state index contributed by atoms with van der Waals surface area (Å²) in [4.78, 5) is 0. The molecule has 1 aromatic rings. The topological polar surface area (TPSA) is 0 Å². The van der Waals surface area contributed by atoms with E-state index in [4.69, 9.17) is 11.6 Å². The molecular formula is C12H12ClF3. The molecule has 0 unspecified atom stereocenters. The van der Waals surface area contributed by atoms with Crippen LogP contribution in [0.2, 0.25) is 5.02 Å². The van der Waals surface area contributed by atoms with Gasteiger partial charge in [0, 0.05) is 5.02 Å². The summed E-state index contributed by atoms with van der Waals surface area (Å²) in [6.07, 6.45) is -3.20. The van der Waals surface area contributed by atoms with Crippen LogP contribution < -0.4 is 0 Å². The van der Waals surface area contributed by atoms with E-state index in [1.165, 1.54) is 12.1 Å². The number of hydrogen-bond donors (Lipinski definition) is 0. The van der Waals surface area contributed by atoms with Gasteiger partial charge in [0.1, 0.15) is 0 Å². The van der Waals surface area contributed by atoms with Crippen LogP contribution in [0.25, 0.3) is 6.08 Å². The lowest BCUT2D eigenvalue weighted by molar-refractivity contribution is -0.137. The van der Waals surface area contributed by atoms with Gasteiger partial charge in [-0.15, -0.1) is 0 Å². The first kappa shape index (κ1) is 13.1. The van der Waals surface area contributed by atoms with Crippen molar-refractivity contribution in [3.05, 3.63) is 40.4 Å². The van der Waals surface area contributed by atoms with E-state index in [0.717, 1.165) is 6.07 Å². The molecule has 88 valence electrons. The van der Waals surface area contributed by atoms with E-state index in [-0.39, 0.29) is 16.5 Å². The quantitative estimate of drug-likeness (QED) is 0.681. The molecule has 0 amide bonds. The molecule has 0 heterocycles. The summed E-state index contributed by atoms with van der Waals surface area (Å²) in [6, 6.07) is 2.41. The normalized spacial score (nSPS) is 11.9. The second kappa shape index (κ2) is 4.50. The SMILES string of the molecule is C=Cc1cc(C(C)C)c(Cl)cc1C(F)(F)F. The molecule has 1 aromatic carbocycles. The van der Waals surface area contributed by atoms with Gasteiger partial charge in [-0.2, -0.15) is 13.2 Å². The van der Waals surface area contributed by atoms with E-state index in [1.54, 1.807) is 0 Å². The molecule has 4 heteroatoms. The zero-order valence-corrected chi connectivity index (χ0v) is 9.78. The molecule has 0 aromatic heterocycles. The van der Waals surface area contributed by atoms with Gasteiger partial charge < -0.3 is 0 Å². The Morgan fingerprint density at radius 2 is 1.88 bits per heavy atom. The van der Waals surface area contributed by atoms with Crippen LogP contribution in [0.4, 0.5) is 13.2 Å². The van der Waals surface area contributed by atoms with Crippen LogP contribution in [0.3, 0.4) is 0 Å². The Morgan fingerprint density at radius 3 is 2.25 bits per heavy atom. The highest BCUT2D eigenvalue weighted by Gasteiger charge is 2.33. The Balaban J connectivity index is 3.44. The molecule has 0 atom stereocenters. The highest BCUT2D eigenvalue weighted by Crippen LogP contribution is 2.37. The Labute approximate surface area is 97.7 Å². The summed E-state index contributed by atoms with van der Waals surface area (Å²) in [7, 11) is 0. The second-order valence-electron chi connectivity index (χ2n) is 3.82. The van der Waals surface area contributed by atoms with E-state index in [1.807, 2.05) is 13.8 Å². The number of rotatable bonds is 2. The highest BCUT2D eigenvalue weighted by molar-refractivity contribution is 6.31. The lowest BCUT2D eigenvalue weighted by atomic mass is 9.97. The van der Waals surface area contributed by atoms with Crippen molar-refractivity contribution in [1.82, 2.24) is 0 Å². The Bertz CT molecular complexity index is 405. The molecule has 0 aliphatic carbocycles. The number of benzene rings is 1. The maximum Gasteiger partial charge on any atom is 0.417 e. The van der Waals surface area contributed by atoms with E-state index in [0.29, 0.717) is 5.56 Å². The number of alkyl halides is 3. The van der Waals surface area contributed by atoms with Crippen molar-refractivity contribution in [3.63, 3.8) is 0 Å². The third-order valence-electron chi connectivity index (χ3n) is 2.32. The Morgan fingerprint density at radius 1 is 1.31 bits per heavy atom. The molecule has 1 rings (SSSR count). The maximum absolute atomic E-state index is 12.6. The predicted molar refractivity (Wildman–Crippen MR) is 60.6 cm³/mol. The molecule has 0 aliphatic heterocycles. The summed E-state index contributed by atoms with van der Waals surface area (Å²) in [5.41, 5.74) is 0.0297. The minimum atomic E-state index is -4.40. The standard InChI is InChI=1S/C12H12ClF3/c1-4-8-5-9(7(2)3)11(13)6-10(8)12(14,15)16/h4-7H,1H2,2-3H3. The Kier molecular flexibility index (Phi) is 3.68. The molecule has 0 nitrogen and oxygen atoms in total. The van der Waals surface area contributed by atoms with Crippen LogP contribution in [0.15, 0.2) is 18.7 Å². The lowest BCUT2D eigenvalue weighted by Crippen LogP contribution is -2.08. The summed E-state index contributed by atoms with van der Waals surface area (Å²) >= 11 is 5.83. The van der Waals surface area contributed by atoms with Crippen molar-refractivity contribution in [2.24, 2.45) is 0 Å². The molecule has 0 fully saturated rings. The fraction of sp³-hybridized carbons (Fsp3) is 0.333. The third-order valence-corrected chi connectivity index (χ3v) is 2.64. The smallest absolute Gasteiger partial charge is 0.166 e. The number of halogens is 4. The van der Waals surface area contributed by atoms with Gasteiger partial charge in [-0.05, 0) is 29.2 Å². The van der Waals surface area contributed by atoms with E-state index in [9.17, 15) is 13.2 Å². The van der Waals surface area contributed by atoms with Gasteiger partial charge in [0.25, 0.3) is 0 Å². The van der Waals surface area contributed by atoms with Gasteiger partial charge in [0.2, 0.25) is 0 Å². The third kappa shape index (κ3) is 2.59. The van der Waals surface area contributed by atoms with Crippen LogP contribution in [0, 0.1) is 0 Å². The molecule has 0 radical (unpaired) electrons. The first-order chi connectivity index (χ1) is 7.27. The van der Waals surface area contributed by atoms with Gasteiger partial charge in [0.05, 0.1) is 5.56 Å². The van der Waals surface area contributed by atoms with Crippen molar-refractivity contribution in [2.75, 3.05) is 0 Å². The molecule has 0 aliphatic rings. The molecular weight excluding hydrogens is 237 g/mol. The van der Waals surface area contributed by atoms with Gasteiger partial charge in [-0.3, -0.25) is 0 Å². The zero-order valence-electron chi connectivity index (χ0n) is 9.03. The average Bonchev–Trinajstić information content (AvgIpc) is 2.15. The van der Waals surface area contributed by atoms with Gasteiger partial charge in [0.15, 0.2) is 0 Å². The van der Waals surface area contributed by atoms with Crippen molar-refractivity contribution in [1.29, 1.82) is 0 Å². The van der Waals surface area contributed by atoms with Crippen LogP contribution >= 0.6 is 11.6 Å². The molecule has 0 N–H and O–H groups in total. The lowest BCUT2D eigenvalue weighted by Gasteiger charge is -2.15. The van der Waals surface area contributed by atoms with E-state index >= 15 is 0 Å². The van der Waals surface area contributed by atoms with Crippen LogP contribution in [-0.2, 0) is 6.18 Å². The van der Waals surface area contributed by atoms with Gasteiger partial charge in [-0.1, -0.05) is 38.1 Å². The van der Waals surface area contributed by atoms with E-state index < -0.39 is 11.7 Å². The monoisotopic (exact) mass is 248 g/mol. The number of hydrogen-bond acceptors (Lipinski definition) is 0. The fourth-order valence-corrected chi connectivity index (χ4v) is 1.85. The first-order valence-electron chi connectivity index (χ1n) is 4.80. The summed E-state index contributed by atoms with van der Waals surface area (Å²) in [5.74, 6) is 0.0773. The van der Waals surface area contributed by atoms with Crippen LogP contribution in [0.5, 0.6) is 0 Å². The largest absolute Gasteiger partial charge is 0.417 e. The summed E-state index contributed by atoms with van der Waals surface area (Å²) < 4.78 is 37.9. The van der Waals surface area contributed by atoms with Gasteiger partial charge >= 0.3 is 6.18 Å². The van der Waals surface area contributed by atoms with Gasteiger partial charge in [-0.25, -0.2) is 0 Å². The fourth-order valence-electron chi connectivity index (χ4n) is 1.46. The molecule has 0 spiro atoms. The predicted octanol–water partition coefficient (Wildman–Crippen LogP) is 5.13. The minimum absolute atomic E-state index is 0.0700. The molecule has 16 heavy (non-hydrogen) atoms. The first-order valence-corrected chi connectivity index (χ1v) is 5.18. The second-order valence-corrected chi connectivity index (χ2v) is 4.22. The van der Waals surface area contributed by atoms with Crippen molar-refractivity contribution in [2.45, 2.75) is 25.9 Å². The molecule has 0 bridgehead atoms.